The third kappa shape index (κ3) is 6.28. The van der Waals surface area contributed by atoms with E-state index in [1.165, 1.54) is 29.6 Å². The zero-order valence-electron chi connectivity index (χ0n) is 19.0. The predicted molar refractivity (Wildman–Crippen MR) is 127 cm³/mol. The molecule has 29 heavy (non-hydrogen) atoms. The molecular weight excluding hydrogens is 372 g/mol. The summed E-state index contributed by atoms with van der Waals surface area (Å²) in [5, 5.41) is 11.8. The van der Waals surface area contributed by atoms with E-state index in [4.69, 9.17) is 9.53 Å². The highest BCUT2D eigenvalue weighted by molar-refractivity contribution is 6.99. The van der Waals surface area contributed by atoms with Gasteiger partial charge in [-0.1, -0.05) is 108 Å². The first-order chi connectivity index (χ1) is 13.8. The Morgan fingerprint density at radius 3 is 1.72 bits per heavy atom. The monoisotopic (exact) mass is 412 g/mol. The van der Waals surface area contributed by atoms with E-state index in [0.29, 0.717) is 18.4 Å². The van der Waals surface area contributed by atoms with Crippen molar-refractivity contribution in [1.29, 1.82) is 0 Å². The molecule has 0 fully saturated rings. The maximum absolute atomic E-state index is 9.10. The summed E-state index contributed by atoms with van der Waals surface area (Å²) in [6.07, 6.45) is 4.47. The van der Waals surface area contributed by atoms with Gasteiger partial charge in [-0.15, -0.1) is 0 Å². The summed E-state index contributed by atoms with van der Waals surface area (Å²) in [5.74, 6) is 1.13. The van der Waals surface area contributed by atoms with Gasteiger partial charge < -0.3 is 9.53 Å². The number of aliphatic hydroxyl groups is 1. The van der Waals surface area contributed by atoms with E-state index in [1.807, 2.05) is 0 Å². The molecule has 0 amide bonds. The van der Waals surface area contributed by atoms with E-state index in [2.05, 4.69) is 95.3 Å². The van der Waals surface area contributed by atoms with Gasteiger partial charge in [-0.2, -0.15) is 0 Å². The van der Waals surface area contributed by atoms with Crippen LogP contribution in [0.5, 0.6) is 0 Å². The molecule has 0 aliphatic heterocycles. The highest BCUT2D eigenvalue weighted by Gasteiger charge is 2.50. The molecule has 0 aliphatic carbocycles. The van der Waals surface area contributed by atoms with Crippen LogP contribution in [-0.2, 0) is 4.43 Å². The minimum absolute atomic E-state index is 0.0328. The Bertz CT molecular complexity index is 654. The molecule has 0 radical (unpaired) electrons. The maximum atomic E-state index is 9.10. The molecule has 1 N–H and O–H groups in total. The van der Waals surface area contributed by atoms with Gasteiger partial charge in [0.15, 0.2) is 0 Å². The average molecular weight is 413 g/mol. The van der Waals surface area contributed by atoms with E-state index in [9.17, 15) is 0 Å². The van der Waals surface area contributed by atoms with E-state index in [0.717, 1.165) is 13.0 Å². The second-order valence-corrected chi connectivity index (χ2v) is 13.9. The Morgan fingerprint density at radius 1 is 0.793 bits per heavy atom. The molecule has 2 atom stereocenters. The second-order valence-electron chi connectivity index (χ2n) is 9.63. The van der Waals surface area contributed by atoms with Crippen LogP contribution in [0.2, 0.25) is 5.04 Å². The topological polar surface area (TPSA) is 29.5 Å². The van der Waals surface area contributed by atoms with Gasteiger partial charge in [-0.3, -0.25) is 0 Å². The SMILES string of the molecule is CC(CCO)CCCC(C)CO[Si](c1ccccc1)(c1ccccc1)C(C)(C)C. The highest BCUT2D eigenvalue weighted by Crippen LogP contribution is 2.37. The molecule has 2 rings (SSSR count). The first kappa shape index (κ1) is 23.9. The Balaban J connectivity index is 2.21. The zero-order valence-corrected chi connectivity index (χ0v) is 20.0. The summed E-state index contributed by atoms with van der Waals surface area (Å²) in [6, 6.07) is 21.8. The molecule has 0 spiro atoms. The van der Waals surface area contributed by atoms with Crippen molar-refractivity contribution in [3.8, 4) is 0 Å². The summed E-state index contributed by atoms with van der Waals surface area (Å²) >= 11 is 0. The van der Waals surface area contributed by atoms with Gasteiger partial charge >= 0.3 is 0 Å². The lowest BCUT2D eigenvalue weighted by Crippen LogP contribution is -2.66. The van der Waals surface area contributed by atoms with Gasteiger partial charge in [0.05, 0.1) is 0 Å². The molecule has 2 unspecified atom stereocenters. The smallest absolute Gasteiger partial charge is 0.261 e. The highest BCUT2D eigenvalue weighted by atomic mass is 28.4. The maximum Gasteiger partial charge on any atom is 0.261 e. The van der Waals surface area contributed by atoms with Gasteiger partial charge in [-0.05, 0) is 40.1 Å². The Morgan fingerprint density at radius 2 is 1.28 bits per heavy atom. The van der Waals surface area contributed by atoms with Crippen molar-refractivity contribution < 1.29 is 9.53 Å². The molecule has 0 saturated carbocycles. The third-order valence-corrected chi connectivity index (χ3v) is 11.0. The first-order valence-electron chi connectivity index (χ1n) is 11.2. The van der Waals surface area contributed by atoms with E-state index in [1.54, 1.807) is 0 Å². The van der Waals surface area contributed by atoms with Crippen LogP contribution in [-0.4, -0.2) is 26.6 Å². The number of aliphatic hydroxyl groups excluding tert-OH is 1. The summed E-state index contributed by atoms with van der Waals surface area (Å²) in [7, 11) is -2.42. The van der Waals surface area contributed by atoms with Crippen molar-refractivity contribution >= 4 is 18.7 Å². The number of benzene rings is 2. The van der Waals surface area contributed by atoms with Gasteiger partial charge in [0.25, 0.3) is 8.32 Å². The Hall–Kier alpha value is -1.42. The van der Waals surface area contributed by atoms with E-state index in [-0.39, 0.29) is 5.04 Å². The molecule has 0 aromatic heterocycles. The first-order valence-corrected chi connectivity index (χ1v) is 13.1. The van der Waals surface area contributed by atoms with E-state index >= 15 is 0 Å². The van der Waals surface area contributed by atoms with Crippen LogP contribution in [0.1, 0.15) is 60.3 Å². The van der Waals surface area contributed by atoms with Crippen molar-refractivity contribution in [2.24, 2.45) is 11.8 Å². The number of hydrogen-bond acceptors (Lipinski definition) is 2. The summed E-state index contributed by atoms with van der Waals surface area (Å²) in [6.45, 7) is 12.6. The van der Waals surface area contributed by atoms with Crippen LogP contribution in [0.3, 0.4) is 0 Å². The summed E-state index contributed by atoms with van der Waals surface area (Å²) < 4.78 is 7.03. The normalized spacial score (nSPS) is 14.6. The van der Waals surface area contributed by atoms with Crippen LogP contribution >= 0.6 is 0 Å². The van der Waals surface area contributed by atoms with Gasteiger partial charge in [0.1, 0.15) is 0 Å². The second kappa shape index (κ2) is 11.1. The average Bonchev–Trinajstić information content (AvgIpc) is 2.69. The molecule has 0 heterocycles. The Kier molecular flexibility index (Phi) is 9.13. The molecule has 0 aliphatic rings. The van der Waals surface area contributed by atoms with Crippen LogP contribution in [0.15, 0.2) is 60.7 Å². The lowest BCUT2D eigenvalue weighted by atomic mass is 9.97. The molecular formula is C26H40O2Si. The lowest BCUT2D eigenvalue weighted by molar-refractivity contribution is 0.228. The van der Waals surface area contributed by atoms with Crippen LogP contribution < -0.4 is 10.4 Å². The molecule has 160 valence electrons. The Labute approximate surface area is 179 Å². The van der Waals surface area contributed by atoms with Crippen molar-refractivity contribution in [2.75, 3.05) is 13.2 Å². The number of hydrogen-bond donors (Lipinski definition) is 1. The van der Waals surface area contributed by atoms with Crippen molar-refractivity contribution in [3.05, 3.63) is 60.7 Å². The minimum Gasteiger partial charge on any atom is -0.407 e. The standard InChI is InChI=1S/C26H40O2Si/c1-22(19-20-27)13-12-14-23(2)21-28-29(26(3,4)5,24-15-8-6-9-16-24)25-17-10-7-11-18-25/h6-11,15-18,22-23,27H,12-14,19-21H2,1-5H3. The molecule has 0 saturated heterocycles. The third-order valence-electron chi connectivity index (χ3n) is 6.02. The van der Waals surface area contributed by atoms with Crippen molar-refractivity contribution in [2.45, 2.75) is 65.3 Å². The van der Waals surface area contributed by atoms with Crippen molar-refractivity contribution in [3.63, 3.8) is 0 Å². The molecule has 2 aromatic rings. The van der Waals surface area contributed by atoms with Gasteiger partial charge in [-0.25, -0.2) is 0 Å². The largest absolute Gasteiger partial charge is 0.407 e. The quantitative estimate of drug-likeness (QED) is 0.502. The van der Waals surface area contributed by atoms with E-state index < -0.39 is 8.32 Å². The van der Waals surface area contributed by atoms with Crippen LogP contribution in [0.4, 0.5) is 0 Å². The molecule has 3 heteroatoms. The lowest BCUT2D eigenvalue weighted by Gasteiger charge is -2.43. The fraction of sp³-hybridized carbons (Fsp3) is 0.538. The summed E-state index contributed by atoms with van der Waals surface area (Å²) in [4.78, 5) is 0. The fourth-order valence-corrected chi connectivity index (χ4v) is 8.98. The zero-order chi connectivity index (χ0) is 21.3. The van der Waals surface area contributed by atoms with Crippen LogP contribution in [0.25, 0.3) is 0 Å². The van der Waals surface area contributed by atoms with Gasteiger partial charge in [0, 0.05) is 13.2 Å². The van der Waals surface area contributed by atoms with Crippen molar-refractivity contribution in [1.82, 2.24) is 0 Å². The molecule has 2 aromatic carbocycles. The fourth-order valence-electron chi connectivity index (χ4n) is 4.29. The summed E-state index contributed by atoms with van der Waals surface area (Å²) in [5.41, 5.74) is 0. The predicted octanol–water partition coefficient (Wildman–Crippen LogP) is 5.39. The number of rotatable bonds is 11. The minimum atomic E-state index is -2.42. The van der Waals surface area contributed by atoms with Crippen LogP contribution in [0, 0.1) is 11.8 Å². The van der Waals surface area contributed by atoms with Gasteiger partial charge in [0.2, 0.25) is 0 Å². The molecule has 0 bridgehead atoms. The molecule has 2 nitrogen and oxygen atoms in total.